The Morgan fingerprint density at radius 3 is 2.41 bits per heavy atom. The highest BCUT2D eigenvalue weighted by Crippen LogP contribution is 2.25. The van der Waals surface area contributed by atoms with Gasteiger partial charge < -0.3 is 10.4 Å². The fourth-order valence-electron chi connectivity index (χ4n) is 3.31. The van der Waals surface area contributed by atoms with Gasteiger partial charge in [-0.05, 0) is 49.6 Å². The molecule has 0 saturated carbocycles. The van der Waals surface area contributed by atoms with Crippen LogP contribution in [-0.4, -0.2) is 36.8 Å². The molecule has 144 valence electrons. The molecule has 1 fully saturated rings. The second-order valence-electron chi connectivity index (χ2n) is 6.82. The molecule has 7 heteroatoms. The van der Waals surface area contributed by atoms with Crippen molar-refractivity contribution in [3.05, 3.63) is 60.2 Å². The molecule has 1 aliphatic heterocycles. The zero-order valence-electron chi connectivity index (χ0n) is 15.2. The third kappa shape index (κ3) is 4.48. The fraction of sp³-hybridized carbons (Fsp3) is 0.350. The number of amides is 1. The predicted octanol–water partition coefficient (Wildman–Crippen LogP) is 2.67. The third-order valence-corrected chi connectivity index (χ3v) is 6.85. The van der Waals surface area contributed by atoms with Gasteiger partial charge in [0.05, 0.1) is 10.9 Å². The Hall–Kier alpha value is -2.38. The Labute approximate surface area is 159 Å². The van der Waals surface area contributed by atoms with Crippen LogP contribution in [0.25, 0.3) is 0 Å². The number of carbonyl (C=O) groups excluding carboxylic acids is 1. The number of aromatic hydroxyl groups is 1. The summed E-state index contributed by atoms with van der Waals surface area (Å²) in [6.07, 6.45) is 0.981. The van der Waals surface area contributed by atoms with Crippen LogP contribution >= 0.6 is 0 Å². The van der Waals surface area contributed by atoms with E-state index in [1.54, 1.807) is 48.5 Å². The first kappa shape index (κ1) is 19.4. The summed E-state index contributed by atoms with van der Waals surface area (Å²) in [6.45, 7) is 2.52. The lowest BCUT2D eigenvalue weighted by Crippen LogP contribution is -2.43. The number of hydrogen-bond acceptors (Lipinski definition) is 4. The van der Waals surface area contributed by atoms with E-state index in [1.807, 2.05) is 13.0 Å². The summed E-state index contributed by atoms with van der Waals surface area (Å²) in [4.78, 5) is 12.8. The van der Waals surface area contributed by atoms with Gasteiger partial charge in [0.15, 0.2) is 0 Å². The van der Waals surface area contributed by atoms with Crippen molar-refractivity contribution in [1.82, 2.24) is 9.62 Å². The number of benzene rings is 2. The smallest absolute Gasteiger partial charge is 0.243 e. The Morgan fingerprint density at radius 2 is 1.78 bits per heavy atom. The second-order valence-corrected chi connectivity index (χ2v) is 8.75. The Bertz CT molecular complexity index is 891. The summed E-state index contributed by atoms with van der Waals surface area (Å²) >= 11 is 0. The van der Waals surface area contributed by atoms with Crippen LogP contribution in [0.2, 0.25) is 0 Å². The zero-order valence-corrected chi connectivity index (χ0v) is 16.0. The van der Waals surface area contributed by atoms with Crippen molar-refractivity contribution in [2.75, 3.05) is 13.1 Å². The monoisotopic (exact) mass is 388 g/mol. The van der Waals surface area contributed by atoms with E-state index in [-0.39, 0.29) is 28.5 Å². The first-order chi connectivity index (χ1) is 12.9. The maximum Gasteiger partial charge on any atom is 0.243 e. The van der Waals surface area contributed by atoms with Crippen LogP contribution in [0, 0.1) is 5.92 Å². The van der Waals surface area contributed by atoms with Crippen molar-refractivity contribution < 1.29 is 18.3 Å². The normalized spacial score (nSPS) is 17.4. The average Bonchev–Trinajstić information content (AvgIpc) is 2.68. The quantitative estimate of drug-likeness (QED) is 0.824. The lowest BCUT2D eigenvalue weighted by molar-refractivity contribution is -0.126. The van der Waals surface area contributed by atoms with Crippen LogP contribution in [0.15, 0.2) is 59.5 Å². The minimum atomic E-state index is -3.51. The van der Waals surface area contributed by atoms with Gasteiger partial charge in [-0.15, -0.1) is 0 Å². The largest absolute Gasteiger partial charge is 0.508 e. The first-order valence-electron chi connectivity index (χ1n) is 9.02. The summed E-state index contributed by atoms with van der Waals surface area (Å²) in [7, 11) is -3.51. The van der Waals surface area contributed by atoms with Crippen LogP contribution in [0.5, 0.6) is 5.75 Å². The summed E-state index contributed by atoms with van der Waals surface area (Å²) in [5.74, 6) is -0.136. The van der Waals surface area contributed by atoms with Crippen LogP contribution in [0.3, 0.4) is 0 Å². The number of piperidine rings is 1. The highest BCUT2D eigenvalue weighted by atomic mass is 32.2. The molecule has 2 aromatic rings. The highest BCUT2D eigenvalue weighted by Gasteiger charge is 2.32. The van der Waals surface area contributed by atoms with E-state index in [9.17, 15) is 18.3 Å². The van der Waals surface area contributed by atoms with Crippen molar-refractivity contribution >= 4 is 15.9 Å². The lowest BCUT2D eigenvalue weighted by Gasteiger charge is -2.31. The van der Waals surface area contributed by atoms with Crippen molar-refractivity contribution in [2.45, 2.75) is 30.7 Å². The number of carbonyl (C=O) groups is 1. The van der Waals surface area contributed by atoms with Crippen LogP contribution in [-0.2, 0) is 14.8 Å². The van der Waals surface area contributed by atoms with Gasteiger partial charge in [0.25, 0.3) is 0 Å². The van der Waals surface area contributed by atoms with Gasteiger partial charge >= 0.3 is 0 Å². The summed E-state index contributed by atoms with van der Waals surface area (Å²) in [5.41, 5.74) is 0.826. The standard InChI is InChI=1S/C20H24N2O4S/c1-15(17-6-5-7-18(23)14-17)21-20(24)16-10-12-22(13-11-16)27(25,26)19-8-3-2-4-9-19/h2-9,14-16,23H,10-13H2,1H3,(H,21,24). The molecule has 0 aromatic heterocycles. The molecule has 0 aliphatic carbocycles. The van der Waals surface area contributed by atoms with Gasteiger partial charge in [-0.2, -0.15) is 4.31 Å². The van der Waals surface area contributed by atoms with E-state index in [1.165, 1.54) is 4.31 Å². The molecule has 27 heavy (non-hydrogen) atoms. The molecule has 1 unspecified atom stereocenters. The van der Waals surface area contributed by atoms with Crippen molar-refractivity contribution in [2.24, 2.45) is 5.92 Å². The van der Waals surface area contributed by atoms with Gasteiger partial charge in [-0.1, -0.05) is 30.3 Å². The SMILES string of the molecule is CC(NC(=O)C1CCN(S(=O)(=O)c2ccccc2)CC1)c1cccc(O)c1. The molecule has 0 radical (unpaired) electrons. The molecule has 1 heterocycles. The zero-order chi connectivity index (χ0) is 19.4. The summed E-state index contributed by atoms with van der Waals surface area (Å²) in [6, 6.07) is 14.9. The van der Waals surface area contributed by atoms with Crippen molar-refractivity contribution in [3.8, 4) is 5.75 Å². The lowest BCUT2D eigenvalue weighted by atomic mass is 9.96. The number of rotatable bonds is 5. The first-order valence-corrected chi connectivity index (χ1v) is 10.5. The van der Waals surface area contributed by atoms with E-state index in [2.05, 4.69) is 5.32 Å². The number of sulfonamides is 1. The van der Waals surface area contributed by atoms with E-state index >= 15 is 0 Å². The van der Waals surface area contributed by atoms with Crippen LogP contribution < -0.4 is 5.32 Å². The Balaban J connectivity index is 1.58. The Morgan fingerprint density at radius 1 is 1.11 bits per heavy atom. The fourth-order valence-corrected chi connectivity index (χ4v) is 4.80. The molecule has 0 bridgehead atoms. The summed E-state index contributed by atoms with van der Waals surface area (Å²) < 4.78 is 26.8. The van der Waals surface area contributed by atoms with E-state index < -0.39 is 10.0 Å². The van der Waals surface area contributed by atoms with Gasteiger partial charge in [0.1, 0.15) is 5.75 Å². The maximum absolute atomic E-state index is 12.7. The number of phenolic OH excluding ortho intramolecular Hbond substituents is 1. The summed E-state index contributed by atoms with van der Waals surface area (Å²) in [5, 5.41) is 12.5. The van der Waals surface area contributed by atoms with Gasteiger partial charge in [-0.3, -0.25) is 4.79 Å². The van der Waals surface area contributed by atoms with Crippen molar-refractivity contribution in [1.29, 1.82) is 0 Å². The Kier molecular flexibility index (Phi) is 5.82. The highest BCUT2D eigenvalue weighted by molar-refractivity contribution is 7.89. The second kappa shape index (κ2) is 8.10. The molecule has 1 atom stereocenters. The minimum absolute atomic E-state index is 0.0809. The molecular formula is C20H24N2O4S. The molecule has 1 saturated heterocycles. The number of nitrogens with one attached hydrogen (secondary N) is 1. The topological polar surface area (TPSA) is 86.7 Å². The number of hydrogen-bond donors (Lipinski definition) is 2. The van der Waals surface area contributed by atoms with Gasteiger partial charge in [0.2, 0.25) is 15.9 Å². The van der Waals surface area contributed by atoms with Crippen molar-refractivity contribution in [3.63, 3.8) is 0 Å². The van der Waals surface area contributed by atoms with E-state index in [0.717, 1.165) is 5.56 Å². The molecule has 1 aliphatic rings. The molecule has 0 spiro atoms. The van der Waals surface area contributed by atoms with Crippen LogP contribution in [0.1, 0.15) is 31.4 Å². The van der Waals surface area contributed by atoms with E-state index in [4.69, 9.17) is 0 Å². The third-order valence-electron chi connectivity index (χ3n) is 4.93. The van der Waals surface area contributed by atoms with Gasteiger partial charge in [-0.25, -0.2) is 8.42 Å². The molecule has 1 amide bonds. The molecular weight excluding hydrogens is 364 g/mol. The number of nitrogens with zero attached hydrogens (tertiary/aromatic N) is 1. The van der Waals surface area contributed by atoms with E-state index in [0.29, 0.717) is 25.9 Å². The molecule has 2 N–H and O–H groups in total. The molecule has 3 rings (SSSR count). The van der Waals surface area contributed by atoms with Gasteiger partial charge in [0, 0.05) is 19.0 Å². The minimum Gasteiger partial charge on any atom is -0.508 e. The average molecular weight is 388 g/mol. The molecule has 2 aromatic carbocycles. The molecule has 6 nitrogen and oxygen atoms in total. The number of phenols is 1. The van der Waals surface area contributed by atoms with Crippen LogP contribution in [0.4, 0.5) is 0 Å². The maximum atomic E-state index is 12.7. The predicted molar refractivity (Wildman–Crippen MR) is 103 cm³/mol.